The number of rotatable bonds is 8. The summed E-state index contributed by atoms with van der Waals surface area (Å²) in [5.74, 6) is 0. The van der Waals surface area contributed by atoms with E-state index in [1.807, 2.05) is 38.1 Å². The van der Waals surface area contributed by atoms with Crippen LogP contribution in [0.1, 0.15) is 25.8 Å². The van der Waals surface area contributed by atoms with Crippen molar-refractivity contribution in [3.8, 4) is 5.69 Å². The molecule has 0 bridgehead atoms. The summed E-state index contributed by atoms with van der Waals surface area (Å²) in [6.45, 7) is 6.13. The number of benzene rings is 1. The summed E-state index contributed by atoms with van der Waals surface area (Å²) in [5, 5.41) is 12.0. The minimum Gasteiger partial charge on any atom is -0.382 e. The summed E-state index contributed by atoms with van der Waals surface area (Å²) in [4.78, 5) is 3.93. The van der Waals surface area contributed by atoms with Gasteiger partial charge in [-0.05, 0) is 50.2 Å². The smallest absolute Gasteiger partial charge is 0.186 e. The number of hydrogen-bond acceptors (Lipinski definition) is 5. The van der Waals surface area contributed by atoms with Crippen LogP contribution in [0, 0.1) is 0 Å². The Morgan fingerprint density at radius 3 is 2.79 bits per heavy atom. The summed E-state index contributed by atoms with van der Waals surface area (Å²) >= 11 is 5.19. The second-order valence-corrected chi connectivity index (χ2v) is 5.41. The second kappa shape index (κ2) is 9.74. The van der Waals surface area contributed by atoms with Crippen LogP contribution in [0.15, 0.2) is 42.0 Å². The Morgan fingerprint density at radius 2 is 2.12 bits per heavy atom. The molecule has 0 saturated carbocycles. The van der Waals surface area contributed by atoms with Gasteiger partial charge in [0.15, 0.2) is 5.11 Å². The van der Waals surface area contributed by atoms with Crippen molar-refractivity contribution in [1.29, 1.82) is 0 Å². The molecule has 8 heteroatoms. The van der Waals surface area contributed by atoms with E-state index in [1.54, 1.807) is 11.0 Å². The van der Waals surface area contributed by atoms with Crippen molar-refractivity contribution in [2.45, 2.75) is 20.3 Å². The van der Waals surface area contributed by atoms with Crippen LogP contribution in [0.2, 0.25) is 0 Å². The van der Waals surface area contributed by atoms with E-state index < -0.39 is 0 Å². The minimum absolute atomic E-state index is 0.505. The van der Waals surface area contributed by atoms with E-state index in [4.69, 9.17) is 17.0 Å². The molecule has 7 nitrogen and oxygen atoms in total. The third-order valence-electron chi connectivity index (χ3n) is 3.25. The number of hydrogen-bond donors (Lipinski definition) is 2. The van der Waals surface area contributed by atoms with Gasteiger partial charge in [0.05, 0.1) is 11.4 Å². The van der Waals surface area contributed by atoms with Crippen LogP contribution >= 0.6 is 12.2 Å². The zero-order valence-electron chi connectivity index (χ0n) is 13.9. The highest BCUT2D eigenvalue weighted by molar-refractivity contribution is 7.80. The Balaban J connectivity index is 1.81. The summed E-state index contributed by atoms with van der Waals surface area (Å²) in [6, 6.07) is 7.90. The highest BCUT2D eigenvalue weighted by Crippen LogP contribution is 2.08. The Bertz CT molecular complexity index is 654. The average molecular weight is 346 g/mol. The van der Waals surface area contributed by atoms with Gasteiger partial charge in [0.2, 0.25) is 0 Å². The molecule has 128 valence electrons. The lowest BCUT2D eigenvalue weighted by Crippen LogP contribution is -2.33. The van der Waals surface area contributed by atoms with Crippen LogP contribution in [0.25, 0.3) is 5.69 Å². The first-order valence-electron chi connectivity index (χ1n) is 7.82. The Labute approximate surface area is 147 Å². The normalized spacial score (nSPS) is 11.3. The van der Waals surface area contributed by atoms with Gasteiger partial charge >= 0.3 is 0 Å². The SMILES string of the molecule is CCOCCCNC(=S)N/N=C(/C)c1ccc(-n2cncn2)cc1. The van der Waals surface area contributed by atoms with Gasteiger partial charge in [-0.1, -0.05) is 12.1 Å². The highest BCUT2D eigenvalue weighted by Gasteiger charge is 2.01. The molecule has 0 fully saturated rings. The molecule has 0 spiro atoms. The Morgan fingerprint density at radius 1 is 1.33 bits per heavy atom. The van der Waals surface area contributed by atoms with Crippen LogP contribution in [-0.2, 0) is 4.74 Å². The lowest BCUT2D eigenvalue weighted by atomic mass is 10.1. The standard InChI is InChI=1S/C16H22N6OS/c1-3-23-10-4-9-18-16(24)21-20-13(2)14-5-7-15(8-6-14)22-12-17-11-19-22/h5-8,11-12H,3-4,9-10H2,1-2H3,(H2,18,21,24)/b20-13-. The molecule has 0 atom stereocenters. The molecule has 0 aliphatic rings. The van der Waals surface area contributed by atoms with E-state index in [2.05, 4.69) is 25.9 Å². The maximum atomic E-state index is 5.27. The van der Waals surface area contributed by atoms with Crippen molar-refractivity contribution in [2.24, 2.45) is 5.10 Å². The average Bonchev–Trinajstić information content (AvgIpc) is 3.14. The zero-order chi connectivity index (χ0) is 17.2. The van der Waals surface area contributed by atoms with E-state index in [0.29, 0.717) is 5.11 Å². The highest BCUT2D eigenvalue weighted by atomic mass is 32.1. The molecule has 0 aliphatic carbocycles. The summed E-state index contributed by atoms with van der Waals surface area (Å²) in [5.41, 5.74) is 5.65. The van der Waals surface area contributed by atoms with Gasteiger partial charge in [-0.2, -0.15) is 10.2 Å². The van der Waals surface area contributed by atoms with Crippen LogP contribution in [-0.4, -0.2) is 45.3 Å². The van der Waals surface area contributed by atoms with Gasteiger partial charge < -0.3 is 10.1 Å². The first kappa shape index (κ1) is 18.0. The molecule has 1 heterocycles. The number of nitrogens with zero attached hydrogens (tertiary/aromatic N) is 4. The van der Waals surface area contributed by atoms with Gasteiger partial charge in [-0.25, -0.2) is 9.67 Å². The summed E-state index contributed by atoms with van der Waals surface area (Å²) < 4.78 is 6.97. The molecule has 2 aromatic rings. The maximum Gasteiger partial charge on any atom is 0.186 e. The molecule has 2 N–H and O–H groups in total. The van der Waals surface area contributed by atoms with E-state index in [1.165, 1.54) is 6.33 Å². The zero-order valence-corrected chi connectivity index (χ0v) is 14.7. The predicted molar refractivity (Wildman–Crippen MR) is 98.4 cm³/mol. The van der Waals surface area contributed by atoms with Gasteiger partial charge in [0.1, 0.15) is 12.7 Å². The first-order valence-corrected chi connectivity index (χ1v) is 8.23. The summed E-state index contributed by atoms with van der Waals surface area (Å²) in [7, 11) is 0. The predicted octanol–water partition coefficient (Wildman–Crippen LogP) is 1.88. The first-order chi connectivity index (χ1) is 11.7. The van der Waals surface area contributed by atoms with E-state index >= 15 is 0 Å². The van der Waals surface area contributed by atoms with Crippen LogP contribution in [0.3, 0.4) is 0 Å². The number of aromatic nitrogens is 3. The minimum atomic E-state index is 0.505. The number of hydrazone groups is 1. The molecule has 1 aromatic heterocycles. The molecule has 0 amide bonds. The monoisotopic (exact) mass is 346 g/mol. The largest absolute Gasteiger partial charge is 0.382 e. The van der Waals surface area contributed by atoms with Crippen molar-refractivity contribution >= 4 is 23.0 Å². The fraction of sp³-hybridized carbons (Fsp3) is 0.375. The lowest BCUT2D eigenvalue weighted by Gasteiger charge is -2.08. The molecular weight excluding hydrogens is 324 g/mol. The van der Waals surface area contributed by atoms with Gasteiger partial charge in [-0.15, -0.1) is 0 Å². The third kappa shape index (κ3) is 5.71. The lowest BCUT2D eigenvalue weighted by molar-refractivity contribution is 0.145. The Hall–Kier alpha value is -2.32. The molecule has 0 saturated heterocycles. The van der Waals surface area contributed by atoms with Crippen molar-refractivity contribution in [3.63, 3.8) is 0 Å². The quantitative estimate of drug-likeness (QED) is 0.329. The van der Waals surface area contributed by atoms with Gasteiger partial charge in [0.25, 0.3) is 0 Å². The second-order valence-electron chi connectivity index (χ2n) is 5.00. The Kier molecular flexibility index (Phi) is 7.31. The fourth-order valence-corrected chi connectivity index (χ4v) is 2.10. The van der Waals surface area contributed by atoms with Crippen molar-refractivity contribution in [2.75, 3.05) is 19.8 Å². The van der Waals surface area contributed by atoms with Crippen molar-refractivity contribution in [1.82, 2.24) is 25.5 Å². The van der Waals surface area contributed by atoms with Crippen molar-refractivity contribution < 1.29 is 4.74 Å². The fourth-order valence-electron chi connectivity index (χ4n) is 1.96. The molecule has 0 radical (unpaired) electrons. The summed E-state index contributed by atoms with van der Waals surface area (Å²) in [6.07, 6.45) is 4.07. The molecule has 2 rings (SSSR count). The molecule has 24 heavy (non-hydrogen) atoms. The maximum absolute atomic E-state index is 5.27. The topological polar surface area (TPSA) is 76.4 Å². The molecular formula is C16H22N6OS. The van der Waals surface area contributed by atoms with Crippen LogP contribution in [0.5, 0.6) is 0 Å². The molecule has 0 unspecified atom stereocenters. The van der Waals surface area contributed by atoms with E-state index in [0.717, 1.165) is 43.1 Å². The van der Waals surface area contributed by atoms with E-state index in [-0.39, 0.29) is 0 Å². The van der Waals surface area contributed by atoms with Crippen LogP contribution in [0.4, 0.5) is 0 Å². The van der Waals surface area contributed by atoms with Crippen LogP contribution < -0.4 is 10.7 Å². The molecule has 0 aliphatic heterocycles. The number of ether oxygens (including phenoxy) is 1. The number of thiocarbonyl (C=S) groups is 1. The third-order valence-corrected chi connectivity index (χ3v) is 3.48. The number of nitrogens with one attached hydrogen (secondary N) is 2. The van der Waals surface area contributed by atoms with Gasteiger partial charge in [-0.3, -0.25) is 5.43 Å². The van der Waals surface area contributed by atoms with Gasteiger partial charge in [0, 0.05) is 19.8 Å². The van der Waals surface area contributed by atoms with Crippen molar-refractivity contribution in [3.05, 3.63) is 42.5 Å². The van der Waals surface area contributed by atoms with E-state index in [9.17, 15) is 0 Å². The molecule has 1 aromatic carbocycles.